The van der Waals surface area contributed by atoms with Crippen LogP contribution in [0.2, 0.25) is 5.02 Å². The maximum atomic E-state index is 13.2. The van der Waals surface area contributed by atoms with E-state index in [9.17, 15) is 41.1 Å². The molecular weight excluding hydrogens is 465 g/mol. The number of hydrogen-bond donors (Lipinski definition) is 3. The summed E-state index contributed by atoms with van der Waals surface area (Å²) in [6.07, 6.45) is -6.40. The first-order valence-corrected chi connectivity index (χ1v) is 9.67. The summed E-state index contributed by atoms with van der Waals surface area (Å²) in [4.78, 5) is 48.0. The van der Waals surface area contributed by atoms with Crippen LogP contribution >= 0.6 is 11.6 Å². The molecule has 0 spiro atoms. The molecule has 0 radical (unpaired) electrons. The van der Waals surface area contributed by atoms with E-state index in [0.29, 0.717) is 6.92 Å². The van der Waals surface area contributed by atoms with Gasteiger partial charge in [-0.25, -0.2) is 8.78 Å². The van der Waals surface area contributed by atoms with Crippen molar-refractivity contribution in [2.24, 2.45) is 17.6 Å². The third kappa shape index (κ3) is 6.87. The monoisotopic (exact) mass is 483 g/mol. The maximum Gasteiger partial charge on any atom is 0.392 e. The van der Waals surface area contributed by atoms with Crippen molar-refractivity contribution in [3.05, 3.63) is 28.8 Å². The third-order valence-corrected chi connectivity index (χ3v) is 5.00. The van der Waals surface area contributed by atoms with Crippen LogP contribution in [-0.2, 0) is 14.4 Å². The summed E-state index contributed by atoms with van der Waals surface area (Å²) < 4.78 is 64.5. The summed E-state index contributed by atoms with van der Waals surface area (Å²) in [5.41, 5.74) is 4.34. The Labute approximate surface area is 183 Å². The Bertz CT molecular complexity index is 933. The summed E-state index contributed by atoms with van der Waals surface area (Å²) in [5.74, 6) is -11.1. The molecule has 1 aromatic rings. The molecule has 3 atom stereocenters. The molecule has 4 N–H and O–H groups in total. The lowest BCUT2D eigenvalue weighted by molar-refractivity contribution is -0.153. The molecule has 1 fully saturated rings. The predicted octanol–water partition coefficient (Wildman–Crippen LogP) is 3.07. The van der Waals surface area contributed by atoms with Gasteiger partial charge in [-0.15, -0.1) is 0 Å². The average Bonchev–Trinajstić information content (AvgIpc) is 3.46. The van der Waals surface area contributed by atoms with E-state index in [4.69, 9.17) is 17.3 Å². The van der Waals surface area contributed by atoms with Gasteiger partial charge in [0.1, 0.15) is 0 Å². The number of halogens is 6. The number of alkyl halides is 5. The molecule has 0 heterocycles. The topological polar surface area (TPSA) is 118 Å². The highest BCUT2D eigenvalue weighted by molar-refractivity contribution is 6.38. The smallest absolute Gasteiger partial charge is 0.363 e. The normalized spacial score (nSPS) is 19.1. The van der Waals surface area contributed by atoms with Gasteiger partial charge in [-0.1, -0.05) is 11.6 Å². The molecule has 0 saturated heterocycles. The zero-order valence-electron chi connectivity index (χ0n) is 16.6. The summed E-state index contributed by atoms with van der Waals surface area (Å²) in [6.45, 7) is 0.581. The van der Waals surface area contributed by atoms with Crippen molar-refractivity contribution in [1.29, 1.82) is 0 Å². The molecule has 0 aromatic heterocycles. The second kappa shape index (κ2) is 9.39. The van der Waals surface area contributed by atoms with E-state index in [1.54, 1.807) is 0 Å². The summed E-state index contributed by atoms with van der Waals surface area (Å²) in [6, 6.07) is 1.78. The minimum absolute atomic E-state index is 0.00519. The Kier molecular flexibility index (Phi) is 7.48. The lowest BCUT2D eigenvalue weighted by atomic mass is 10.0. The number of anilines is 1. The fourth-order valence-corrected chi connectivity index (χ4v) is 3.13. The van der Waals surface area contributed by atoms with E-state index >= 15 is 0 Å². The van der Waals surface area contributed by atoms with Gasteiger partial charge in [0.25, 0.3) is 11.8 Å². The minimum Gasteiger partial charge on any atom is -0.363 e. The highest BCUT2D eigenvalue weighted by Crippen LogP contribution is 2.50. The van der Waals surface area contributed by atoms with Gasteiger partial charge in [0.15, 0.2) is 0 Å². The molecule has 1 aliphatic rings. The molecule has 0 bridgehead atoms. The van der Waals surface area contributed by atoms with Crippen molar-refractivity contribution in [3.63, 3.8) is 0 Å². The fourth-order valence-electron chi connectivity index (χ4n) is 2.96. The first-order chi connectivity index (χ1) is 14.6. The average molecular weight is 484 g/mol. The summed E-state index contributed by atoms with van der Waals surface area (Å²) in [5, 5.41) is 4.31. The molecule has 0 aliphatic heterocycles. The van der Waals surface area contributed by atoms with Gasteiger partial charge in [0, 0.05) is 11.4 Å². The van der Waals surface area contributed by atoms with Crippen molar-refractivity contribution in [2.45, 2.75) is 44.3 Å². The molecule has 7 nitrogen and oxygen atoms in total. The van der Waals surface area contributed by atoms with Crippen molar-refractivity contribution in [2.75, 3.05) is 5.32 Å². The molecule has 13 heteroatoms. The number of carbonyl (C=O) groups excluding carboxylic acids is 4. The largest absolute Gasteiger partial charge is 0.392 e. The molecular formula is C19H19ClF5N3O4. The maximum absolute atomic E-state index is 13.2. The second-order valence-electron chi connectivity index (χ2n) is 7.53. The lowest BCUT2D eigenvalue weighted by Gasteiger charge is -2.19. The Morgan fingerprint density at radius 3 is 2.31 bits per heavy atom. The SMILES string of the molecule is CC(F)(F)CC[C@H](NC(=O)c1cc(Cl)ccc1NC(=O)C1CC1C(F)(F)F)C(=O)C(N)=O. The number of nitrogens with one attached hydrogen (secondary N) is 2. The molecule has 176 valence electrons. The van der Waals surface area contributed by atoms with Crippen molar-refractivity contribution >= 4 is 40.8 Å². The molecule has 2 rings (SSSR count). The standard InChI is InChI=1S/C19H19ClF5N3O4/c1-18(21,22)5-4-13(14(29)15(26)30)28-17(32)10-6-8(20)2-3-12(10)27-16(31)9-7-11(9)19(23,24)25/h2-3,6,9,11,13H,4-5,7H2,1H3,(H2,26,30)(H,27,31)(H,28,32)/t9?,11?,13-/m0/s1. The number of ketones is 1. The third-order valence-electron chi connectivity index (χ3n) is 4.77. The summed E-state index contributed by atoms with van der Waals surface area (Å²) >= 11 is 5.84. The van der Waals surface area contributed by atoms with Gasteiger partial charge in [0.05, 0.1) is 29.1 Å². The first-order valence-electron chi connectivity index (χ1n) is 9.29. The van der Waals surface area contributed by atoms with Gasteiger partial charge in [-0.2, -0.15) is 13.2 Å². The van der Waals surface area contributed by atoms with E-state index < -0.39 is 72.7 Å². The van der Waals surface area contributed by atoms with Gasteiger partial charge in [-0.3, -0.25) is 19.2 Å². The van der Waals surface area contributed by atoms with Crippen LogP contribution in [0.4, 0.5) is 27.6 Å². The Balaban J connectivity index is 2.21. The van der Waals surface area contributed by atoms with Crippen LogP contribution < -0.4 is 16.4 Å². The van der Waals surface area contributed by atoms with E-state index in [2.05, 4.69) is 10.6 Å². The van der Waals surface area contributed by atoms with Crippen molar-refractivity contribution < 1.29 is 41.1 Å². The van der Waals surface area contributed by atoms with Crippen molar-refractivity contribution in [1.82, 2.24) is 5.32 Å². The van der Waals surface area contributed by atoms with E-state index in [1.165, 1.54) is 6.07 Å². The quantitative estimate of drug-likeness (QED) is 0.369. The predicted molar refractivity (Wildman–Crippen MR) is 103 cm³/mol. The number of amides is 3. The highest BCUT2D eigenvalue weighted by atomic mass is 35.5. The molecule has 32 heavy (non-hydrogen) atoms. The lowest BCUT2D eigenvalue weighted by Crippen LogP contribution is -2.46. The Morgan fingerprint density at radius 2 is 1.81 bits per heavy atom. The minimum atomic E-state index is -4.54. The van der Waals surface area contributed by atoms with Crippen LogP contribution in [0.3, 0.4) is 0 Å². The van der Waals surface area contributed by atoms with Gasteiger partial charge in [-0.05, 0) is 38.0 Å². The number of rotatable bonds is 9. The Hall–Kier alpha value is -2.76. The van der Waals surface area contributed by atoms with E-state index in [0.717, 1.165) is 12.1 Å². The number of benzene rings is 1. The van der Waals surface area contributed by atoms with Crippen molar-refractivity contribution in [3.8, 4) is 0 Å². The molecule has 2 unspecified atom stereocenters. The fraction of sp³-hybridized carbons (Fsp3) is 0.474. The van der Waals surface area contributed by atoms with Gasteiger partial charge < -0.3 is 16.4 Å². The van der Waals surface area contributed by atoms with E-state index in [-0.39, 0.29) is 16.3 Å². The molecule has 3 amide bonds. The molecule has 1 aromatic carbocycles. The van der Waals surface area contributed by atoms with Crippen LogP contribution in [0.1, 0.15) is 36.5 Å². The first kappa shape index (κ1) is 25.5. The second-order valence-corrected chi connectivity index (χ2v) is 7.97. The van der Waals surface area contributed by atoms with Gasteiger partial charge >= 0.3 is 6.18 Å². The summed E-state index contributed by atoms with van der Waals surface area (Å²) in [7, 11) is 0. The number of primary amides is 1. The number of hydrogen-bond acceptors (Lipinski definition) is 4. The number of nitrogens with two attached hydrogens (primary N) is 1. The van der Waals surface area contributed by atoms with E-state index in [1.807, 2.05) is 0 Å². The Morgan fingerprint density at radius 1 is 1.19 bits per heavy atom. The van der Waals surface area contributed by atoms with Gasteiger partial charge in [0.2, 0.25) is 17.6 Å². The van der Waals surface area contributed by atoms with Crippen LogP contribution in [0.25, 0.3) is 0 Å². The number of Topliss-reactive ketones (excluding diaryl/α,β-unsaturated/α-hetero) is 1. The van der Waals surface area contributed by atoms with Crippen LogP contribution in [-0.4, -0.2) is 41.6 Å². The van der Waals surface area contributed by atoms with Crippen LogP contribution in [0, 0.1) is 11.8 Å². The zero-order valence-corrected chi connectivity index (χ0v) is 17.3. The van der Waals surface area contributed by atoms with Crippen LogP contribution in [0.5, 0.6) is 0 Å². The van der Waals surface area contributed by atoms with Crippen LogP contribution in [0.15, 0.2) is 18.2 Å². The highest BCUT2D eigenvalue weighted by Gasteiger charge is 2.58. The molecule has 1 aliphatic carbocycles. The molecule has 1 saturated carbocycles. The number of carbonyl (C=O) groups is 4. The zero-order chi connectivity index (χ0) is 24.4.